The van der Waals surface area contributed by atoms with Gasteiger partial charge in [0, 0.05) is 25.9 Å². The van der Waals surface area contributed by atoms with Gasteiger partial charge in [0.15, 0.2) is 11.5 Å². The molecular formula is C23H18F7N9. The molecule has 4 rings (SSSR count). The van der Waals surface area contributed by atoms with Crippen LogP contribution in [0, 0.1) is 5.82 Å². The molecule has 0 spiro atoms. The fourth-order valence-electron chi connectivity index (χ4n) is 3.48. The van der Waals surface area contributed by atoms with E-state index in [4.69, 9.17) is 11.6 Å². The van der Waals surface area contributed by atoms with Crippen LogP contribution in [0.15, 0.2) is 48.9 Å². The van der Waals surface area contributed by atoms with Crippen LogP contribution in [0.5, 0.6) is 0 Å². The molecule has 4 heterocycles. The number of alkyl halides is 6. The monoisotopic (exact) mass is 553 g/mol. The van der Waals surface area contributed by atoms with Gasteiger partial charge in [0.1, 0.15) is 11.6 Å². The van der Waals surface area contributed by atoms with Crippen molar-refractivity contribution in [3.63, 3.8) is 0 Å². The molecule has 0 aliphatic carbocycles. The molecule has 0 fully saturated rings. The van der Waals surface area contributed by atoms with Crippen LogP contribution in [0.1, 0.15) is 11.3 Å². The highest BCUT2D eigenvalue weighted by Gasteiger charge is 2.39. The highest BCUT2D eigenvalue weighted by atomic mass is 19.4. The molecule has 204 valence electrons. The van der Waals surface area contributed by atoms with Gasteiger partial charge in [0.25, 0.3) is 0 Å². The number of halogens is 7. The Morgan fingerprint density at radius 2 is 1.54 bits per heavy atom. The van der Waals surface area contributed by atoms with Gasteiger partial charge in [-0.25, -0.2) is 20.2 Å². The number of nitrogens with two attached hydrogens (primary N) is 2. The molecule has 9 nitrogen and oxygen atoms in total. The van der Waals surface area contributed by atoms with Crippen LogP contribution in [0.3, 0.4) is 0 Å². The smallest absolute Gasteiger partial charge is 0.396 e. The third-order valence-electron chi connectivity index (χ3n) is 5.44. The maximum atomic E-state index is 13.8. The van der Waals surface area contributed by atoms with Crippen molar-refractivity contribution in [1.29, 1.82) is 0 Å². The quantitative estimate of drug-likeness (QED) is 0.203. The molecule has 39 heavy (non-hydrogen) atoms. The van der Waals surface area contributed by atoms with Crippen LogP contribution in [-0.2, 0) is 12.4 Å². The topological polar surface area (TPSA) is 123 Å². The maximum absolute atomic E-state index is 13.8. The van der Waals surface area contributed by atoms with Crippen LogP contribution in [0.4, 0.5) is 53.7 Å². The number of aromatic nitrogens is 5. The van der Waals surface area contributed by atoms with E-state index in [0.29, 0.717) is 11.9 Å². The first-order valence-corrected chi connectivity index (χ1v) is 10.8. The van der Waals surface area contributed by atoms with Crippen LogP contribution in [-0.4, -0.2) is 39.2 Å². The highest BCUT2D eigenvalue weighted by molar-refractivity contribution is 5.93. The van der Waals surface area contributed by atoms with Crippen LogP contribution in [0.2, 0.25) is 0 Å². The van der Waals surface area contributed by atoms with Crippen molar-refractivity contribution in [3.8, 4) is 22.5 Å². The van der Waals surface area contributed by atoms with E-state index < -0.39 is 46.5 Å². The van der Waals surface area contributed by atoms with Gasteiger partial charge in [0.05, 0.1) is 46.3 Å². The first-order chi connectivity index (χ1) is 18.2. The second-order valence-electron chi connectivity index (χ2n) is 8.28. The molecule has 4 aromatic heterocycles. The highest BCUT2D eigenvalue weighted by Crippen LogP contribution is 2.44. The normalized spacial score (nSPS) is 11.9. The maximum Gasteiger partial charge on any atom is 0.437 e. The van der Waals surface area contributed by atoms with Gasteiger partial charge >= 0.3 is 12.4 Å². The molecular weight excluding hydrogens is 535 g/mol. The molecule has 0 saturated carbocycles. The Labute approximate surface area is 215 Å². The molecule has 0 atom stereocenters. The Hall–Kier alpha value is -4.60. The molecule has 0 aromatic carbocycles. The Morgan fingerprint density at radius 3 is 2.08 bits per heavy atom. The number of nitrogen functional groups attached to an aromatic ring is 1. The van der Waals surface area contributed by atoms with Crippen LogP contribution in [0.25, 0.3) is 22.5 Å². The van der Waals surface area contributed by atoms with Gasteiger partial charge in [-0.05, 0) is 30.3 Å². The number of nitrogens with zero attached hydrogens (tertiary/aromatic N) is 7. The lowest BCUT2D eigenvalue weighted by Gasteiger charge is -2.23. The van der Waals surface area contributed by atoms with E-state index >= 15 is 0 Å². The second-order valence-corrected chi connectivity index (χ2v) is 8.28. The average molecular weight is 553 g/mol. The fourth-order valence-corrected chi connectivity index (χ4v) is 3.48. The van der Waals surface area contributed by atoms with Gasteiger partial charge in [0.2, 0.25) is 0 Å². The summed E-state index contributed by atoms with van der Waals surface area (Å²) in [4.78, 5) is 13.5. The molecule has 0 aliphatic rings. The Kier molecular flexibility index (Phi) is 6.99. The number of rotatable bonds is 5. The molecule has 4 N–H and O–H groups in total. The summed E-state index contributed by atoms with van der Waals surface area (Å²) >= 11 is 0. The summed E-state index contributed by atoms with van der Waals surface area (Å²) < 4.78 is 94.1. The van der Waals surface area contributed by atoms with Crippen LogP contribution >= 0.6 is 0 Å². The Bertz CT molecular complexity index is 1490. The number of anilines is 4. The Morgan fingerprint density at radius 1 is 0.821 bits per heavy atom. The zero-order valence-corrected chi connectivity index (χ0v) is 20.0. The van der Waals surface area contributed by atoms with E-state index in [1.54, 1.807) is 19.0 Å². The average Bonchev–Trinajstić information content (AvgIpc) is 2.87. The molecule has 0 saturated heterocycles. The van der Waals surface area contributed by atoms with Crippen molar-refractivity contribution in [2.75, 3.05) is 29.7 Å². The third-order valence-corrected chi connectivity index (χ3v) is 5.44. The van der Waals surface area contributed by atoms with E-state index in [0.717, 1.165) is 35.5 Å². The van der Waals surface area contributed by atoms with Gasteiger partial charge in [-0.15, -0.1) is 10.2 Å². The second kappa shape index (κ2) is 9.94. The summed E-state index contributed by atoms with van der Waals surface area (Å²) in [5.41, 5.74) is 2.17. The predicted octanol–water partition coefficient (Wildman–Crippen LogP) is 4.83. The molecule has 0 radical (unpaired) electrons. The molecule has 0 aliphatic heterocycles. The molecule has 0 amide bonds. The van der Waals surface area contributed by atoms with Crippen molar-refractivity contribution in [2.45, 2.75) is 12.4 Å². The van der Waals surface area contributed by atoms with Crippen molar-refractivity contribution in [1.82, 2.24) is 25.1 Å². The number of hydrogen-bond acceptors (Lipinski definition) is 9. The largest absolute Gasteiger partial charge is 0.437 e. The predicted molar refractivity (Wildman–Crippen MR) is 128 cm³/mol. The van der Waals surface area contributed by atoms with Gasteiger partial charge < -0.3 is 10.6 Å². The SMILES string of the molecule is CN(C)c1cnc(-c2c(N(N)c3ccc(F)cn3)nnc(C(F)(F)F)c2N)c(-c2ccc(C(F)(F)F)cn2)c1. The standard InChI is InChI=1S/C23H18F7N9/c1-38(2)13-7-14(15-5-3-11(8-33-15)22(25,26)27)19(35-10-13)17-18(31)20(23(28,29)30)36-37-21(17)39(32)16-6-4-12(24)9-34-16/h3-10H,32H2,1-2H3,(H2,31,37). The first kappa shape index (κ1) is 27.4. The van der Waals surface area contributed by atoms with Gasteiger partial charge in [-0.1, -0.05) is 0 Å². The lowest BCUT2D eigenvalue weighted by Crippen LogP contribution is -2.29. The molecule has 0 bridgehead atoms. The summed E-state index contributed by atoms with van der Waals surface area (Å²) in [5.74, 6) is 4.81. The van der Waals surface area contributed by atoms with Gasteiger partial charge in [-0.3, -0.25) is 9.97 Å². The minimum atomic E-state index is -5.03. The van der Waals surface area contributed by atoms with Crippen molar-refractivity contribution >= 4 is 23.0 Å². The summed E-state index contributed by atoms with van der Waals surface area (Å²) in [6.07, 6.45) is -7.01. The number of pyridine rings is 3. The molecule has 0 unspecified atom stereocenters. The molecule has 16 heteroatoms. The van der Waals surface area contributed by atoms with E-state index in [1.165, 1.54) is 12.3 Å². The zero-order valence-electron chi connectivity index (χ0n) is 20.0. The summed E-state index contributed by atoms with van der Waals surface area (Å²) in [6.45, 7) is 0. The third kappa shape index (κ3) is 5.50. The van der Waals surface area contributed by atoms with E-state index in [9.17, 15) is 30.7 Å². The Balaban J connectivity index is 2.02. The minimum absolute atomic E-state index is 0.0180. The van der Waals surface area contributed by atoms with Crippen LogP contribution < -0.4 is 21.5 Å². The summed E-state index contributed by atoms with van der Waals surface area (Å²) in [7, 11) is 3.30. The fraction of sp³-hybridized carbons (Fsp3) is 0.174. The van der Waals surface area contributed by atoms with Crippen molar-refractivity contribution in [3.05, 3.63) is 66.0 Å². The van der Waals surface area contributed by atoms with E-state index in [1.807, 2.05) is 0 Å². The van der Waals surface area contributed by atoms with E-state index in [2.05, 4.69) is 25.1 Å². The lowest BCUT2D eigenvalue weighted by atomic mass is 10.00. The molecule has 4 aromatic rings. The number of hydrogen-bond donors (Lipinski definition) is 2. The first-order valence-electron chi connectivity index (χ1n) is 10.8. The zero-order chi connectivity index (χ0) is 28.7. The summed E-state index contributed by atoms with van der Waals surface area (Å²) in [6, 6.07) is 5.40. The minimum Gasteiger partial charge on any atom is -0.396 e. The summed E-state index contributed by atoms with van der Waals surface area (Å²) in [5, 5.41) is 7.53. The van der Waals surface area contributed by atoms with Crippen molar-refractivity contribution in [2.24, 2.45) is 5.84 Å². The van der Waals surface area contributed by atoms with Gasteiger partial charge in [-0.2, -0.15) is 26.3 Å². The van der Waals surface area contributed by atoms with Crippen molar-refractivity contribution < 1.29 is 30.7 Å². The van der Waals surface area contributed by atoms with E-state index in [-0.39, 0.29) is 22.8 Å². The number of hydrazine groups is 1. The lowest BCUT2D eigenvalue weighted by molar-refractivity contribution is -0.141.